The first-order chi connectivity index (χ1) is 13.7. The zero-order chi connectivity index (χ0) is 21.3. The first-order valence-electron chi connectivity index (χ1n) is 10.7. The van der Waals surface area contributed by atoms with Gasteiger partial charge in [0, 0.05) is 63.5 Å². The number of hydrogen-bond acceptors (Lipinski definition) is 4. The van der Waals surface area contributed by atoms with Gasteiger partial charge < -0.3 is 20.2 Å². The van der Waals surface area contributed by atoms with Gasteiger partial charge in [0.15, 0.2) is 0 Å². The summed E-state index contributed by atoms with van der Waals surface area (Å²) in [6.07, 6.45) is 0.746. The van der Waals surface area contributed by atoms with E-state index in [9.17, 15) is 5.11 Å². The fourth-order valence-corrected chi connectivity index (χ4v) is 4.85. The zero-order valence-electron chi connectivity index (χ0n) is 19.0. The van der Waals surface area contributed by atoms with Crippen LogP contribution in [0.5, 0.6) is 0 Å². The Morgan fingerprint density at radius 1 is 0.759 bits per heavy atom. The highest BCUT2D eigenvalue weighted by atomic mass is 16.3. The predicted molar refractivity (Wildman–Crippen MR) is 124 cm³/mol. The van der Waals surface area contributed by atoms with Crippen LogP contribution < -0.4 is 15.1 Å². The molecule has 0 aliphatic carbocycles. The van der Waals surface area contributed by atoms with Crippen molar-refractivity contribution >= 4 is 11.4 Å². The van der Waals surface area contributed by atoms with Gasteiger partial charge in [0.1, 0.15) is 0 Å². The largest absolute Gasteiger partial charge is 0.389 e. The third-order valence-corrected chi connectivity index (χ3v) is 7.04. The molecule has 0 spiro atoms. The summed E-state index contributed by atoms with van der Waals surface area (Å²) in [5.74, 6) is 0.231. The molecule has 1 saturated heterocycles. The lowest BCUT2D eigenvalue weighted by Crippen LogP contribution is -2.57. The highest BCUT2D eigenvalue weighted by Crippen LogP contribution is 2.48. The monoisotopic (exact) mass is 395 g/mol. The smallest absolute Gasteiger partial charge is 0.0732 e. The summed E-state index contributed by atoms with van der Waals surface area (Å²) in [4.78, 5) is 4.22. The van der Waals surface area contributed by atoms with Crippen molar-refractivity contribution in [3.63, 3.8) is 0 Å². The molecule has 0 saturated carbocycles. The molecule has 1 fully saturated rings. The Morgan fingerprint density at radius 2 is 1.10 bits per heavy atom. The summed E-state index contributed by atoms with van der Waals surface area (Å²) in [6.45, 7) is 6.47. The standard InChI is InChI=1S/C25H37N3O/c1-8-25(29)17(2)23(19-9-13-21(14-10-19)27(4)5)26-24(18(25)3)20-11-15-22(16-12-20)28(6)7/h9-18,23-24,26,29H,8H2,1-7H3/t17-,18-,23-,24+,25?/m1/s1. The second kappa shape index (κ2) is 8.37. The first kappa shape index (κ1) is 21.7. The Labute approximate surface area is 176 Å². The van der Waals surface area contributed by atoms with E-state index < -0.39 is 5.60 Å². The third-order valence-electron chi connectivity index (χ3n) is 7.04. The summed E-state index contributed by atoms with van der Waals surface area (Å²) in [5, 5.41) is 15.6. The maximum absolute atomic E-state index is 11.7. The van der Waals surface area contributed by atoms with Crippen LogP contribution in [0.1, 0.15) is 50.4 Å². The van der Waals surface area contributed by atoms with Crippen molar-refractivity contribution in [3.05, 3.63) is 59.7 Å². The maximum Gasteiger partial charge on any atom is 0.0732 e. The van der Waals surface area contributed by atoms with Crippen LogP contribution in [-0.2, 0) is 0 Å². The molecule has 29 heavy (non-hydrogen) atoms. The normalized spacial score (nSPS) is 29.5. The van der Waals surface area contributed by atoms with E-state index in [1.807, 2.05) is 0 Å². The molecule has 1 aliphatic heterocycles. The number of nitrogens with zero attached hydrogens (tertiary/aromatic N) is 2. The van der Waals surface area contributed by atoms with Gasteiger partial charge in [0.2, 0.25) is 0 Å². The lowest BCUT2D eigenvalue weighted by Gasteiger charge is -2.52. The highest BCUT2D eigenvalue weighted by molar-refractivity contribution is 5.48. The molecule has 3 rings (SSSR count). The van der Waals surface area contributed by atoms with Gasteiger partial charge in [-0.05, 0) is 41.8 Å². The van der Waals surface area contributed by atoms with E-state index in [1.165, 1.54) is 22.5 Å². The maximum atomic E-state index is 11.7. The number of aliphatic hydroxyl groups is 1. The predicted octanol–water partition coefficient (Wildman–Crippen LogP) is 4.62. The van der Waals surface area contributed by atoms with Gasteiger partial charge in [0.25, 0.3) is 0 Å². The number of rotatable bonds is 5. The van der Waals surface area contributed by atoms with Gasteiger partial charge in [0.05, 0.1) is 5.60 Å². The minimum absolute atomic E-state index is 0.103. The van der Waals surface area contributed by atoms with E-state index in [0.29, 0.717) is 0 Å². The van der Waals surface area contributed by atoms with E-state index in [2.05, 4.69) is 113 Å². The van der Waals surface area contributed by atoms with Gasteiger partial charge in [-0.15, -0.1) is 0 Å². The average Bonchev–Trinajstić information content (AvgIpc) is 2.72. The Morgan fingerprint density at radius 3 is 1.38 bits per heavy atom. The topological polar surface area (TPSA) is 38.7 Å². The van der Waals surface area contributed by atoms with Crippen LogP contribution in [-0.4, -0.2) is 38.9 Å². The van der Waals surface area contributed by atoms with Crippen molar-refractivity contribution in [2.45, 2.75) is 44.9 Å². The summed E-state index contributed by atoms with van der Waals surface area (Å²) in [7, 11) is 8.23. The van der Waals surface area contributed by atoms with Crippen molar-refractivity contribution in [1.29, 1.82) is 0 Å². The number of nitrogens with one attached hydrogen (secondary N) is 1. The Hall–Kier alpha value is -2.04. The van der Waals surface area contributed by atoms with Crippen molar-refractivity contribution < 1.29 is 5.11 Å². The molecule has 2 aromatic rings. The molecule has 0 bridgehead atoms. The number of piperidine rings is 1. The highest BCUT2D eigenvalue weighted by Gasteiger charge is 2.50. The minimum Gasteiger partial charge on any atom is -0.389 e. The van der Waals surface area contributed by atoms with Gasteiger partial charge in [-0.25, -0.2) is 0 Å². The molecule has 4 heteroatoms. The van der Waals surface area contributed by atoms with Crippen molar-refractivity contribution in [3.8, 4) is 0 Å². The van der Waals surface area contributed by atoms with Crippen LogP contribution in [0.15, 0.2) is 48.5 Å². The molecular weight excluding hydrogens is 358 g/mol. The number of hydrogen-bond donors (Lipinski definition) is 2. The van der Waals surface area contributed by atoms with Gasteiger partial charge in [-0.2, -0.15) is 0 Å². The van der Waals surface area contributed by atoms with E-state index >= 15 is 0 Å². The van der Waals surface area contributed by atoms with Crippen LogP contribution >= 0.6 is 0 Å². The van der Waals surface area contributed by atoms with E-state index in [-0.39, 0.29) is 23.9 Å². The summed E-state index contributed by atoms with van der Waals surface area (Å²) in [5.41, 5.74) is 4.12. The van der Waals surface area contributed by atoms with Gasteiger partial charge in [-0.1, -0.05) is 45.0 Å². The third kappa shape index (κ3) is 4.01. The Kier molecular flexibility index (Phi) is 6.25. The molecule has 1 heterocycles. The molecule has 158 valence electrons. The number of benzene rings is 2. The second-order valence-electron chi connectivity index (χ2n) is 9.02. The van der Waals surface area contributed by atoms with Crippen LogP contribution in [0.3, 0.4) is 0 Å². The molecule has 0 amide bonds. The molecule has 2 aromatic carbocycles. The fourth-order valence-electron chi connectivity index (χ4n) is 4.85. The second-order valence-corrected chi connectivity index (χ2v) is 9.02. The van der Waals surface area contributed by atoms with Crippen LogP contribution in [0, 0.1) is 11.8 Å². The minimum atomic E-state index is -0.721. The quantitative estimate of drug-likeness (QED) is 0.775. The molecule has 5 atom stereocenters. The SMILES string of the molecule is CCC1(O)[C@H](C)[C@@H](c2ccc(N(C)C)cc2)N[C@@H](c2ccc(N(C)C)cc2)[C@H]1C. The summed E-state index contributed by atoms with van der Waals surface area (Å²) < 4.78 is 0. The molecule has 1 aliphatic rings. The summed E-state index contributed by atoms with van der Waals surface area (Å²) >= 11 is 0. The van der Waals surface area contributed by atoms with Gasteiger partial charge >= 0.3 is 0 Å². The van der Waals surface area contributed by atoms with Crippen LogP contribution in [0.25, 0.3) is 0 Å². The van der Waals surface area contributed by atoms with E-state index in [4.69, 9.17) is 0 Å². The lowest BCUT2D eigenvalue weighted by molar-refractivity contribution is -0.113. The van der Waals surface area contributed by atoms with E-state index in [1.54, 1.807) is 0 Å². The van der Waals surface area contributed by atoms with Crippen molar-refractivity contribution in [1.82, 2.24) is 5.32 Å². The van der Waals surface area contributed by atoms with Crippen LogP contribution in [0.4, 0.5) is 11.4 Å². The number of anilines is 2. The Balaban J connectivity index is 1.97. The Bertz CT molecular complexity index is 734. The fraction of sp³-hybridized carbons (Fsp3) is 0.520. The van der Waals surface area contributed by atoms with Gasteiger partial charge in [-0.3, -0.25) is 0 Å². The van der Waals surface area contributed by atoms with Crippen molar-refractivity contribution in [2.75, 3.05) is 38.0 Å². The lowest BCUT2D eigenvalue weighted by atomic mass is 9.65. The summed E-state index contributed by atoms with van der Waals surface area (Å²) in [6, 6.07) is 17.6. The zero-order valence-corrected chi connectivity index (χ0v) is 19.0. The molecular formula is C25H37N3O. The molecule has 0 aromatic heterocycles. The first-order valence-corrected chi connectivity index (χ1v) is 10.7. The molecule has 1 unspecified atom stereocenters. The molecule has 0 radical (unpaired) electrons. The molecule has 4 nitrogen and oxygen atoms in total. The van der Waals surface area contributed by atoms with Crippen LogP contribution in [0.2, 0.25) is 0 Å². The molecule has 2 N–H and O–H groups in total. The van der Waals surface area contributed by atoms with Crippen molar-refractivity contribution in [2.24, 2.45) is 11.8 Å². The van der Waals surface area contributed by atoms with E-state index in [0.717, 1.165) is 6.42 Å². The average molecular weight is 396 g/mol.